The highest BCUT2D eigenvalue weighted by molar-refractivity contribution is 8.00. The first-order valence-electron chi connectivity index (χ1n) is 18.9. The predicted octanol–water partition coefficient (Wildman–Crippen LogP) is 1.01. The molecule has 3 amide bonds. The monoisotopic (exact) mass is 738 g/mol. The van der Waals surface area contributed by atoms with E-state index < -0.39 is 17.2 Å². The molecule has 1 unspecified atom stereocenters. The van der Waals surface area contributed by atoms with Crippen LogP contribution < -0.4 is 11.1 Å². The lowest BCUT2D eigenvalue weighted by molar-refractivity contribution is -0.140. The number of amidine groups is 1. The Morgan fingerprint density at radius 1 is 0.804 bits per heavy atom. The molecule has 0 aromatic carbocycles. The predicted molar refractivity (Wildman–Crippen MR) is 199 cm³/mol. The van der Waals surface area contributed by atoms with Gasteiger partial charge in [-0.3, -0.25) is 48.6 Å². The number of nitrogens with two attached hydrogens (primary N) is 1. The second-order valence-corrected chi connectivity index (χ2v) is 15.2. The van der Waals surface area contributed by atoms with E-state index in [0.29, 0.717) is 76.4 Å². The molecule has 2 saturated heterocycles. The Morgan fingerprint density at radius 3 is 1.84 bits per heavy atom. The summed E-state index contributed by atoms with van der Waals surface area (Å²) >= 11 is 1.49. The molecule has 15 nitrogen and oxygen atoms in total. The Balaban J connectivity index is 1.42. The largest absolute Gasteiger partial charge is 0.480 e. The lowest BCUT2D eigenvalue weighted by Gasteiger charge is -2.33. The van der Waals surface area contributed by atoms with Gasteiger partial charge in [0.15, 0.2) is 0 Å². The lowest BCUT2D eigenvalue weighted by atomic mass is 10.1. The van der Waals surface area contributed by atoms with Crippen LogP contribution >= 0.6 is 11.8 Å². The number of rotatable bonds is 16. The van der Waals surface area contributed by atoms with Crippen LogP contribution in [0.4, 0.5) is 0 Å². The van der Waals surface area contributed by atoms with Crippen LogP contribution in [-0.4, -0.2) is 179 Å². The van der Waals surface area contributed by atoms with Gasteiger partial charge in [0, 0.05) is 78.3 Å². The molecule has 2 aliphatic heterocycles. The molecular formula is C35H62N8O7S. The maximum absolute atomic E-state index is 13.0. The van der Waals surface area contributed by atoms with Gasteiger partial charge in [0.2, 0.25) is 17.7 Å². The van der Waals surface area contributed by atoms with E-state index in [4.69, 9.17) is 10.7 Å². The van der Waals surface area contributed by atoms with E-state index in [-0.39, 0.29) is 56.9 Å². The summed E-state index contributed by atoms with van der Waals surface area (Å²) in [6, 6.07) is 0.316. The zero-order chi connectivity index (χ0) is 37.0. The third kappa shape index (κ3) is 17.1. The molecule has 16 heteroatoms. The number of aliphatic imine (C=N–C) groups is 1. The van der Waals surface area contributed by atoms with Crippen molar-refractivity contribution in [2.45, 2.75) is 88.8 Å². The summed E-state index contributed by atoms with van der Waals surface area (Å²) in [7, 11) is 0. The summed E-state index contributed by atoms with van der Waals surface area (Å²) < 4.78 is 0. The molecule has 3 rings (SSSR count). The van der Waals surface area contributed by atoms with Gasteiger partial charge in [0.1, 0.15) is 0 Å². The second-order valence-electron chi connectivity index (χ2n) is 13.9. The molecule has 2 heterocycles. The Hall–Kier alpha value is -2.79. The smallest absolute Gasteiger partial charge is 0.317 e. The Morgan fingerprint density at radius 2 is 1.31 bits per heavy atom. The van der Waals surface area contributed by atoms with Gasteiger partial charge in [-0.2, -0.15) is 0 Å². The number of likely N-dealkylation sites (tertiary alicyclic amines) is 1. The molecule has 5 N–H and O–H groups in total. The highest BCUT2D eigenvalue weighted by Crippen LogP contribution is 2.26. The minimum Gasteiger partial charge on any atom is -0.480 e. The Labute approximate surface area is 307 Å². The molecule has 1 saturated carbocycles. The molecule has 1 aliphatic carbocycles. The van der Waals surface area contributed by atoms with Gasteiger partial charge in [0.05, 0.1) is 36.8 Å². The fourth-order valence-corrected chi connectivity index (χ4v) is 7.98. The molecule has 0 aromatic heterocycles. The van der Waals surface area contributed by atoms with Crippen molar-refractivity contribution in [3.05, 3.63) is 0 Å². The number of carbonyl (C=O) groups is 5. The SMILES string of the molecule is CCN1CCN(CC(=O)O)CCN(CC(=O)O)CCN(CC(=O)NCCN2C(=O)CC(SCCCC(N)=NC3CCCCCCCC3)C2=O)CC1. The second kappa shape index (κ2) is 23.7. The first kappa shape index (κ1) is 42.6. The number of likely N-dealkylation sites (N-methyl/N-ethyl adjacent to an activating group) is 1. The lowest BCUT2D eigenvalue weighted by Crippen LogP contribution is -2.49. The number of hydrogen-bond donors (Lipinski definition) is 4. The van der Waals surface area contributed by atoms with Gasteiger partial charge in [0.25, 0.3) is 0 Å². The molecular weight excluding hydrogens is 677 g/mol. The van der Waals surface area contributed by atoms with E-state index in [1.165, 1.54) is 55.2 Å². The fourth-order valence-electron chi connectivity index (χ4n) is 6.85. The molecule has 0 spiro atoms. The van der Waals surface area contributed by atoms with Crippen molar-refractivity contribution in [1.29, 1.82) is 0 Å². The molecule has 3 fully saturated rings. The van der Waals surface area contributed by atoms with Gasteiger partial charge < -0.3 is 26.2 Å². The third-order valence-corrected chi connectivity index (χ3v) is 11.2. The van der Waals surface area contributed by atoms with E-state index in [2.05, 4.69) is 10.2 Å². The molecule has 0 radical (unpaired) electrons. The van der Waals surface area contributed by atoms with E-state index >= 15 is 0 Å². The van der Waals surface area contributed by atoms with E-state index in [1.54, 1.807) is 4.90 Å². The van der Waals surface area contributed by atoms with Crippen molar-refractivity contribution in [1.82, 2.24) is 29.8 Å². The molecule has 1 atom stereocenters. The number of carbonyl (C=O) groups excluding carboxylic acids is 3. The first-order chi connectivity index (χ1) is 24.5. The number of carboxylic acid groups (broad SMARTS) is 2. The van der Waals surface area contributed by atoms with Gasteiger partial charge in [-0.15, -0.1) is 11.8 Å². The van der Waals surface area contributed by atoms with Crippen LogP contribution in [0, 0.1) is 0 Å². The molecule has 0 aromatic rings. The van der Waals surface area contributed by atoms with Crippen LogP contribution in [0.1, 0.15) is 77.6 Å². The van der Waals surface area contributed by atoms with Gasteiger partial charge in [-0.25, -0.2) is 0 Å². The fraction of sp³-hybridized carbons (Fsp3) is 0.829. The van der Waals surface area contributed by atoms with Crippen LogP contribution in [0.2, 0.25) is 0 Å². The number of nitrogens with zero attached hydrogens (tertiary/aromatic N) is 6. The Kier molecular flexibility index (Phi) is 19.8. The third-order valence-electron chi connectivity index (χ3n) is 9.89. The summed E-state index contributed by atoms with van der Waals surface area (Å²) in [6.07, 6.45) is 11.4. The van der Waals surface area contributed by atoms with Gasteiger partial charge >= 0.3 is 11.9 Å². The maximum atomic E-state index is 13.0. The zero-order valence-corrected chi connectivity index (χ0v) is 31.5. The number of thioether (sulfide) groups is 1. The van der Waals surface area contributed by atoms with Crippen LogP contribution in [-0.2, 0) is 24.0 Å². The van der Waals surface area contributed by atoms with Crippen LogP contribution in [0.25, 0.3) is 0 Å². The molecule has 290 valence electrons. The van der Waals surface area contributed by atoms with Crippen LogP contribution in [0.15, 0.2) is 4.99 Å². The van der Waals surface area contributed by atoms with Gasteiger partial charge in [-0.05, 0) is 31.6 Å². The minimum atomic E-state index is -0.968. The Bertz CT molecular complexity index is 1150. The number of amides is 3. The summed E-state index contributed by atoms with van der Waals surface area (Å²) in [5.41, 5.74) is 6.26. The average molecular weight is 739 g/mol. The number of hydrogen-bond acceptors (Lipinski definition) is 11. The van der Waals surface area contributed by atoms with Crippen molar-refractivity contribution in [2.75, 3.05) is 97.4 Å². The summed E-state index contributed by atoms with van der Waals surface area (Å²) in [5.74, 6) is -1.16. The van der Waals surface area contributed by atoms with Crippen molar-refractivity contribution in [3.8, 4) is 0 Å². The molecule has 3 aliphatic rings. The van der Waals surface area contributed by atoms with Crippen molar-refractivity contribution < 1.29 is 34.2 Å². The molecule has 51 heavy (non-hydrogen) atoms. The topological polar surface area (TPSA) is 192 Å². The van der Waals surface area contributed by atoms with E-state index in [0.717, 1.165) is 25.8 Å². The normalized spacial score (nSPS) is 22.5. The number of imide groups is 1. The summed E-state index contributed by atoms with van der Waals surface area (Å²) in [6.45, 7) is 7.00. The van der Waals surface area contributed by atoms with Crippen molar-refractivity contribution in [2.24, 2.45) is 10.7 Å². The van der Waals surface area contributed by atoms with Gasteiger partial charge in [-0.1, -0.05) is 45.4 Å². The van der Waals surface area contributed by atoms with Crippen LogP contribution in [0.3, 0.4) is 0 Å². The highest BCUT2D eigenvalue weighted by Gasteiger charge is 2.38. The number of aliphatic carboxylic acids is 2. The number of carboxylic acids is 2. The van der Waals surface area contributed by atoms with Crippen LogP contribution in [0.5, 0.6) is 0 Å². The maximum Gasteiger partial charge on any atom is 0.317 e. The van der Waals surface area contributed by atoms with Crippen molar-refractivity contribution >= 4 is 47.3 Å². The standard InChI is InChI=1S/C35H62N8O7S/c1-2-39-15-17-40(19-20-42(27-34(48)49)22-21-41(18-16-39)26-33(46)47)25-31(44)37-13-14-43-32(45)24-29(35(43)50)51-23-9-12-30(36)38-28-10-7-5-3-4-6-8-11-28/h28-29H,2-27H2,1H3,(H2,36,38)(H,37,44)(H,46,47)(H,48,49). The number of nitrogens with one attached hydrogen (secondary N) is 1. The average Bonchev–Trinajstić information content (AvgIpc) is 3.41. The van der Waals surface area contributed by atoms with Crippen molar-refractivity contribution in [3.63, 3.8) is 0 Å². The van der Waals surface area contributed by atoms with E-state index in [9.17, 15) is 34.2 Å². The highest BCUT2D eigenvalue weighted by atomic mass is 32.2. The molecule has 0 bridgehead atoms. The first-order valence-corrected chi connectivity index (χ1v) is 20.0. The minimum absolute atomic E-state index is 0.0944. The summed E-state index contributed by atoms with van der Waals surface area (Å²) in [4.78, 5) is 75.5. The summed E-state index contributed by atoms with van der Waals surface area (Å²) in [5, 5.41) is 21.2. The van der Waals surface area contributed by atoms with E-state index in [1.807, 2.05) is 16.7 Å². The quantitative estimate of drug-likeness (QED) is 0.0760. The zero-order valence-electron chi connectivity index (χ0n) is 30.6.